The lowest BCUT2D eigenvalue weighted by molar-refractivity contribution is -0.182. The number of nitrogens with zero attached hydrogens (tertiary/aromatic N) is 2. The molecule has 0 radical (unpaired) electrons. The second-order valence-electron chi connectivity index (χ2n) is 7.14. The summed E-state index contributed by atoms with van der Waals surface area (Å²) in [6.45, 7) is 15.9. The topological polar surface area (TPSA) is 48.3 Å². The van der Waals surface area contributed by atoms with Gasteiger partial charge in [-0.25, -0.2) is 0 Å². The maximum Gasteiger partial charge on any atom is 0.116 e. The van der Waals surface area contributed by atoms with E-state index in [2.05, 4.69) is 50.9 Å². The van der Waals surface area contributed by atoms with Gasteiger partial charge in [0.1, 0.15) is 5.54 Å². The zero-order valence-corrected chi connectivity index (χ0v) is 13.3. The molecule has 0 amide bonds. The number of rotatable bonds is 5. The molecule has 0 bridgehead atoms. The molecule has 0 aromatic rings. The summed E-state index contributed by atoms with van der Waals surface area (Å²) in [5, 5.41) is 12.8. The van der Waals surface area contributed by atoms with Crippen LogP contribution in [0.25, 0.3) is 0 Å². The Hall–Kier alpha value is -0.630. The van der Waals surface area contributed by atoms with E-state index in [1.165, 1.54) is 0 Å². The lowest BCUT2D eigenvalue weighted by Crippen LogP contribution is -2.61. The van der Waals surface area contributed by atoms with Crippen molar-refractivity contribution >= 4 is 0 Å². The number of ether oxygens (including phenoxy) is 1. The van der Waals surface area contributed by atoms with Crippen molar-refractivity contribution in [2.24, 2.45) is 0 Å². The van der Waals surface area contributed by atoms with Crippen LogP contribution in [-0.4, -0.2) is 47.8 Å². The first kappa shape index (κ1) is 16.4. The summed E-state index contributed by atoms with van der Waals surface area (Å²) >= 11 is 0. The largest absolute Gasteiger partial charge is 0.367 e. The maximum atomic E-state index is 9.43. The molecular weight excluding hydrogens is 238 g/mol. The van der Waals surface area contributed by atoms with Crippen LogP contribution in [0.4, 0.5) is 0 Å². The van der Waals surface area contributed by atoms with Crippen molar-refractivity contribution in [3.05, 3.63) is 0 Å². The van der Waals surface area contributed by atoms with Crippen LogP contribution in [-0.2, 0) is 4.74 Å². The van der Waals surface area contributed by atoms with Crippen molar-refractivity contribution in [1.29, 1.82) is 5.26 Å². The van der Waals surface area contributed by atoms with Crippen molar-refractivity contribution in [3.63, 3.8) is 0 Å². The van der Waals surface area contributed by atoms with E-state index in [-0.39, 0.29) is 11.2 Å². The second-order valence-corrected chi connectivity index (χ2v) is 7.14. The Labute approximate surface area is 118 Å². The molecule has 1 N–H and O–H groups in total. The van der Waals surface area contributed by atoms with Gasteiger partial charge in [-0.15, -0.1) is 0 Å². The molecule has 1 unspecified atom stereocenters. The Kier molecular flexibility index (Phi) is 5.00. The monoisotopic (exact) mass is 267 g/mol. The predicted molar refractivity (Wildman–Crippen MR) is 78.0 cm³/mol. The standard InChI is InChI=1S/C15H29N3O/c1-7-8-17-15(6,9-16)12-18-10-13(2,3)19-14(4,5)11-18/h17H,7-8,10-12H2,1-6H3. The van der Waals surface area contributed by atoms with Crippen LogP contribution in [0.5, 0.6) is 0 Å². The van der Waals surface area contributed by atoms with Crippen LogP contribution in [0.3, 0.4) is 0 Å². The summed E-state index contributed by atoms with van der Waals surface area (Å²) in [7, 11) is 0. The Morgan fingerprint density at radius 3 is 2.21 bits per heavy atom. The molecule has 1 fully saturated rings. The molecule has 0 spiro atoms. The lowest BCUT2D eigenvalue weighted by Gasteiger charge is -2.48. The smallest absolute Gasteiger partial charge is 0.116 e. The Balaban J connectivity index is 2.72. The molecule has 1 atom stereocenters. The number of nitrogens with one attached hydrogen (secondary N) is 1. The van der Waals surface area contributed by atoms with E-state index in [0.29, 0.717) is 0 Å². The SMILES string of the molecule is CCCNC(C)(C#N)CN1CC(C)(C)OC(C)(C)C1. The van der Waals surface area contributed by atoms with Crippen LogP contribution in [0, 0.1) is 11.3 Å². The summed E-state index contributed by atoms with van der Waals surface area (Å²) in [5.41, 5.74) is -0.814. The molecule has 0 aromatic carbocycles. The average Bonchev–Trinajstić information content (AvgIpc) is 2.22. The van der Waals surface area contributed by atoms with E-state index in [1.807, 2.05) is 6.92 Å². The Morgan fingerprint density at radius 1 is 1.26 bits per heavy atom. The molecule has 1 saturated heterocycles. The van der Waals surface area contributed by atoms with Gasteiger partial charge in [0.05, 0.1) is 17.3 Å². The zero-order valence-electron chi connectivity index (χ0n) is 13.3. The Morgan fingerprint density at radius 2 is 1.79 bits per heavy atom. The van der Waals surface area contributed by atoms with Crippen molar-refractivity contribution in [1.82, 2.24) is 10.2 Å². The van der Waals surface area contributed by atoms with Crippen molar-refractivity contribution in [2.75, 3.05) is 26.2 Å². The highest BCUT2D eigenvalue weighted by molar-refractivity contribution is 5.07. The van der Waals surface area contributed by atoms with Gasteiger partial charge in [-0.3, -0.25) is 10.2 Å². The van der Waals surface area contributed by atoms with Crippen molar-refractivity contribution in [2.45, 2.75) is 64.7 Å². The molecule has 1 heterocycles. The first-order valence-corrected chi connectivity index (χ1v) is 7.20. The van der Waals surface area contributed by atoms with E-state index in [1.54, 1.807) is 0 Å². The molecule has 0 aliphatic carbocycles. The quantitative estimate of drug-likeness (QED) is 0.829. The second kappa shape index (κ2) is 5.78. The van der Waals surface area contributed by atoms with Gasteiger partial charge in [-0.2, -0.15) is 5.26 Å². The number of nitriles is 1. The van der Waals surface area contributed by atoms with E-state index >= 15 is 0 Å². The van der Waals surface area contributed by atoms with Gasteiger partial charge in [0.15, 0.2) is 0 Å². The molecule has 19 heavy (non-hydrogen) atoms. The summed E-state index contributed by atoms with van der Waals surface area (Å²) in [4.78, 5) is 2.34. The third-order valence-corrected chi connectivity index (χ3v) is 3.31. The number of hydrogen-bond acceptors (Lipinski definition) is 4. The van der Waals surface area contributed by atoms with Crippen LogP contribution in [0.2, 0.25) is 0 Å². The first-order valence-electron chi connectivity index (χ1n) is 7.20. The fourth-order valence-electron chi connectivity index (χ4n) is 3.04. The molecule has 1 rings (SSSR count). The van der Waals surface area contributed by atoms with E-state index in [0.717, 1.165) is 32.6 Å². The molecule has 1 aliphatic heterocycles. The van der Waals surface area contributed by atoms with E-state index in [9.17, 15) is 5.26 Å². The highest BCUT2D eigenvalue weighted by Gasteiger charge is 2.40. The predicted octanol–water partition coefficient (Wildman–Crippen LogP) is 2.16. The molecule has 0 saturated carbocycles. The fourth-order valence-corrected chi connectivity index (χ4v) is 3.04. The van der Waals surface area contributed by atoms with Crippen LogP contribution in [0.15, 0.2) is 0 Å². The van der Waals surface area contributed by atoms with Crippen LogP contribution in [0.1, 0.15) is 48.0 Å². The molecule has 1 aliphatic rings. The summed E-state index contributed by atoms with van der Waals surface area (Å²) in [5.74, 6) is 0. The minimum atomic E-state index is -0.487. The molecule has 0 aromatic heterocycles. The van der Waals surface area contributed by atoms with Gasteiger partial charge in [0.2, 0.25) is 0 Å². The first-order chi connectivity index (χ1) is 8.61. The fraction of sp³-hybridized carbons (Fsp3) is 0.933. The third-order valence-electron chi connectivity index (χ3n) is 3.31. The number of hydrogen-bond donors (Lipinski definition) is 1. The maximum absolute atomic E-state index is 9.43. The lowest BCUT2D eigenvalue weighted by atomic mass is 9.96. The van der Waals surface area contributed by atoms with Gasteiger partial charge in [-0.05, 0) is 47.6 Å². The highest BCUT2D eigenvalue weighted by Crippen LogP contribution is 2.28. The average molecular weight is 267 g/mol. The molecule has 4 nitrogen and oxygen atoms in total. The van der Waals surface area contributed by atoms with Gasteiger partial charge in [0.25, 0.3) is 0 Å². The summed E-state index contributed by atoms with van der Waals surface area (Å²) in [6, 6.07) is 2.42. The van der Waals surface area contributed by atoms with Gasteiger partial charge >= 0.3 is 0 Å². The third kappa shape index (κ3) is 5.10. The number of morpholine rings is 1. The Bertz CT molecular complexity index is 330. The summed E-state index contributed by atoms with van der Waals surface area (Å²) in [6.07, 6.45) is 1.04. The van der Waals surface area contributed by atoms with E-state index in [4.69, 9.17) is 4.74 Å². The van der Waals surface area contributed by atoms with Crippen molar-refractivity contribution in [3.8, 4) is 6.07 Å². The zero-order chi connectivity index (χ0) is 14.7. The van der Waals surface area contributed by atoms with Crippen LogP contribution >= 0.6 is 0 Å². The minimum absolute atomic E-state index is 0.164. The van der Waals surface area contributed by atoms with Gasteiger partial charge in [-0.1, -0.05) is 6.92 Å². The minimum Gasteiger partial charge on any atom is -0.367 e. The van der Waals surface area contributed by atoms with Gasteiger partial charge in [0, 0.05) is 19.6 Å². The normalized spacial score (nSPS) is 25.5. The van der Waals surface area contributed by atoms with E-state index < -0.39 is 5.54 Å². The molecule has 110 valence electrons. The van der Waals surface area contributed by atoms with Gasteiger partial charge < -0.3 is 4.74 Å². The highest BCUT2D eigenvalue weighted by atomic mass is 16.5. The van der Waals surface area contributed by atoms with Crippen molar-refractivity contribution < 1.29 is 4.74 Å². The molecular formula is C15H29N3O. The molecule has 4 heteroatoms. The van der Waals surface area contributed by atoms with Crippen LogP contribution < -0.4 is 5.32 Å². The summed E-state index contributed by atoms with van der Waals surface area (Å²) < 4.78 is 6.08.